The van der Waals surface area contributed by atoms with E-state index < -0.39 is 0 Å². The standard InChI is InChI=1S/C19H25ClN2O/c1-2-19(23)22-17-9-4-10-18(22)14-21(13-17)11-5-7-15-6-3-8-16(20)12-15/h3,5-8,12,17-18H,2,4,9-11,13-14H2,1H3/b7-5+/t17-,18+. The number of piperidine rings is 1. The molecule has 1 aromatic carbocycles. The molecule has 2 fully saturated rings. The lowest BCUT2D eigenvalue weighted by molar-refractivity contribution is -0.142. The van der Waals surface area contributed by atoms with Crippen LogP contribution in [0.25, 0.3) is 6.08 Å². The highest BCUT2D eigenvalue weighted by molar-refractivity contribution is 6.30. The molecule has 0 saturated carbocycles. The summed E-state index contributed by atoms with van der Waals surface area (Å²) < 4.78 is 0. The van der Waals surface area contributed by atoms with Gasteiger partial charge in [-0.05, 0) is 37.0 Å². The summed E-state index contributed by atoms with van der Waals surface area (Å²) in [5.74, 6) is 0.328. The quantitative estimate of drug-likeness (QED) is 0.836. The molecule has 4 heteroatoms. The monoisotopic (exact) mass is 332 g/mol. The number of amides is 1. The minimum atomic E-state index is 0.328. The number of halogens is 1. The van der Waals surface area contributed by atoms with Crippen molar-refractivity contribution < 1.29 is 4.79 Å². The van der Waals surface area contributed by atoms with Crippen LogP contribution in [0.1, 0.15) is 38.2 Å². The Kier molecular flexibility index (Phi) is 5.39. The fourth-order valence-corrected chi connectivity index (χ4v) is 4.08. The van der Waals surface area contributed by atoms with Gasteiger partial charge in [0.15, 0.2) is 0 Å². The second kappa shape index (κ2) is 7.50. The van der Waals surface area contributed by atoms with Crippen molar-refractivity contribution in [3.05, 3.63) is 40.9 Å². The molecule has 0 unspecified atom stereocenters. The molecule has 23 heavy (non-hydrogen) atoms. The molecular weight excluding hydrogens is 308 g/mol. The van der Waals surface area contributed by atoms with Gasteiger partial charge in [-0.15, -0.1) is 0 Å². The van der Waals surface area contributed by atoms with Crippen LogP contribution in [0, 0.1) is 0 Å². The predicted octanol–water partition coefficient (Wildman–Crippen LogP) is 3.83. The van der Waals surface area contributed by atoms with Gasteiger partial charge in [0.1, 0.15) is 0 Å². The van der Waals surface area contributed by atoms with Gasteiger partial charge in [0.2, 0.25) is 5.91 Å². The topological polar surface area (TPSA) is 23.6 Å². The summed E-state index contributed by atoms with van der Waals surface area (Å²) in [4.78, 5) is 16.9. The third-order valence-corrected chi connectivity index (χ3v) is 5.15. The molecule has 2 bridgehead atoms. The van der Waals surface area contributed by atoms with E-state index in [9.17, 15) is 4.79 Å². The summed E-state index contributed by atoms with van der Waals surface area (Å²) in [5, 5.41) is 0.772. The average molecular weight is 333 g/mol. The highest BCUT2D eigenvalue weighted by Crippen LogP contribution is 2.29. The molecule has 2 aliphatic rings. The Morgan fingerprint density at radius 3 is 2.70 bits per heavy atom. The minimum absolute atomic E-state index is 0.328. The summed E-state index contributed by atoms with van der Waals surface area (Å²) in [6.07, 6.45) is 8.52. The van der Waals surface area contributed by atoms with Crippen molar-refractivity contribution in [1.82, 2.24) is 9.80 Å². The van der Waals surface area contributed by atoms with Crippen molar-refractivity contribution in [3.63, 3.8) is 0 Å². The summed E-state index contributed by atoms with van der Waals surface area (Å²) in [7, 11) is 0. The Hall–Kier alpha value is -1.32. The van der Waals surface area contributed by atoms with E-state index in [2.05, 4.69) is 28.0 Å². The first kappa shape index (κ1) is 16.5. The largest absolute Gasteiger partial charge is 0.334 e. The van der Waals surface area contributed by atoms with Crippen molar-refractivity contribution in [2.75, 3.05) is 19.6 Å². The third kappa shape index (κ3) is 3.96. The van der Waals surface area contributed by atoms with Gasteiger partial charge in [-0.2, -0.15) is 0 Å². The highest BCUT2D eigenvalue weighted by atomic mass is 35.5. The number of carbonyl (C=O) groups excluding carboxylic acids is 1. The van der Waals surface area contributed by atoms with E-state index in [0.717, 1.165) is 43.1 Å². The number of rotatable bonds is 4. The molecule has 0 N–H and O–H groups in total. The number of likely N-dealkylation sites (tertiary alicyclic amines) is 1. The fourth-order valence-electron chi connectivity index (χ4n) is 3.88. The average Bonchev–Trinajstić information content (AvgIpc) is 2.53. The molecule has 2 saturated heterocycles. The number of nitrogens with zero attached hydrogens (tertiary/aromatic N) is 2. The van der Waals surface area contributed by atoms with Gasteiger partial charge in [0, 0.05) is 43.2 Å². The Morgan fingerprint density at radius 2 is 2.04 bits per heavy atom. The van der Waals surface area contributed by atoms with E-state index in [1.165, 1.54) is 6.42 Å². The van der Waals surface area contributed by atoms with E-state index in [0.29, 0.717) is 24.4 Å². The number of piperazine rings is 1. The van der Waals surface area contributed by atoms with E-state index in [-0.39, 0.29) is 0 Å². The van der Waals surface area contributed by atoms with Gasteiger partial charge in [0.05, 0.1) is 0 Å². The van der Waals surface area contributed by atoms with E-state index in [4.69, 9.17) is 11.6 Å². The smallest absolute Gasteiger partial charge is 0.222 e. The number of fused-ring (bicyclic) bond motifs is 2. The maximum absolute atomic E-state index is 12.2. The Bertz CT molecular complexity index is 572. The molecule has 0 radical (unpaired) electrons. The zero-order valence-electron chi connectivity index (χ0n) is 13.7. The first-order valence-electron chi connectivity index (χ1n) is 8.63. The number of hydrogen-bond donors (Lipinski definition) is 0. The summed E-state index contributed by atoms with van der Waals surface area (Å²) in [6.45, 7) is 4.91. The molecule has 2 aliphatic heterocycles. The van der Waals surface area contributed by atoms with Gasteiger partial charge < -0.3 is 4.90 Å². The SMILES string of the molecule is CCC(=O)N1[C@@H]2CCC[C@H]1CN(C/C=C/c1cccc(Cl)c1)C2. The van der Waals surface area contributed by atoms with Gasteiger partial charge in [-0.1, -0.05) is 42.8 Å². The lowest BCUT2D eigenvalue weighted by atomic mass is 9.91. The van der Waals surface area contributed by atoms with Crippen LogP contribution in [0.2, 0.25) is 5.02 Å². The van der Waals surface area contributed by atoms with Crippen LogP contribution in [-0.4, -0.2) is 47.4 Å². The summed E-state index contributed by atoms with van der Waals surface area (Å²) >= 11 is 6.01. The van der Waals surface area contributed by atoms with Crippen LogP contribution in [0.5, 0.6) is 0 Å². The molecule has 0 aliphatic carbocycles. The number of carbonyl (C=O) groups is 1. The van der Waals surface area contributed by atoms with E-state index >= 15 is 0 Å². The van der Waals surface area contributed by atoms with E-state index in [1.807, 2.05) is 25.1 Å². The second-order valence-electron chi connectivity index (χ2n) is 6.57. The van der Waals surface area contributed by atoms with Crippen LogP contribution < -0.4 is 0 Å². The van der Waals surface area contributed by atoms with Crippen molar-refractivity contribution in [1.29, 1.82) is 0 Å². The predicted molar refractivity (Wildman–Crippen MR) is 95.5 cm³/mol. The van der Waals surface area contributed by atoms with Crippen molar-refractivity contribution in [2.24, 2.45) is 0 Å². The van der Waals surface area contributed by atoms with Crippen molar-refractivity contribution in [3.8, 4) is 0 Å². The lowest BCUT2D eigenvalue weighted by Crippen LogP contribution is -2.62. The zero-order valence-corrected chi connectivity index (χ0v) is 14.5. The number of benzene rings is 1. The maximum Gasteiger partial charge on any atom is 0.222 e. The maximum atomic E-state index is 12.2. The van der Waals surface area contributed by atoms with Crippen LogP contribution in [0.15, 0.2) is 30.3 Å². The van der Waals surface area contributed by atoms with Crippen molar-refractivity contribution in [2.45, 2.75) is 44.7 Å². The molecule has 124 valence electrons. The van der Waals surface area contributed by atoms with Crippen molar-refractivity contribution >= 4 is 23.6 Å². The number of hydrogen-bond acceptors (Lipinski definition) is 2. The Labute approximate surface area is 143 Å². The Balaban J connectivity index is 1.60. The van der Waals surface area contributed by atoms with Crippen LogP contribution in [-0.2, 0) is 4.79 Å². The zero-order chi connectivity index (χ0) is 16.2. The van der Waals surface area contributed by atoms with E-state index in [1.54, 1.807) is 0 Å². The summed E-state index contributed by atoms with van der Waals surface area (Å²) in [5.41, 5.74) is 1.14. The van der Waals surface area contributed by atoms with Gasteiger partial charge in [0.25, 0.3) is 0 Å². The van der Waals surface area contributed by atoms with Gasteiger partial charge in [-0.3, -0.25) is 9.69 Å². The lowest BCUT2D eigenvalue weighted by Gasteiger charge is -2.50. The second-order valence-corrected chi connectivity index (χ2v) is 7.01. The minimum Gasteiger partial charge on any atom is -0.334 e. The van der Waals surface area contributed by atoms with Crippen LogP contribution in [0.4, 0.5) is 0 Å². The summed E-state index contributed by atoms with van der Waals surface area (Å²) in [6, 6.07) is 8.73. The van der Waals surface area contributed by atoms with Crippen LogP contribution >= 0.6 is 11.6 Å². The Morgan fingerprint density at radius 1 is 1.30 bits per heavy atom. The van der Waals surface area contributed by atoms with Gasteiger partial charge in [-0.25, -0.2) is 0 Å². The molecule has 3 nitrogen and oxygen atoms in total. The first-order chi connectivity index (χ1) is 11.2. The molecule has 3 rings (SSSR count). The molecule has 1 aromatic rings. The highest BCUT2D eigenvalue weighted by Gasteiger charge is 2.38. The third-order valence-electron chi connectivity index (χ3n) is 4.91. The molecule has 0 spiro atoms. The molecule has 1 amide bonds. The normalized spacial score (nSPS) is 25.0. The molecule has 0 aromatic heterocycles. The van der Waals surface area contributed by atoms with Crippen LogP contribution in [0.3, 0.4) is 0 Å². The molecule has 2 heterocycles. The fraction of sp³-hybridized carbons (Fsp3) is 0.526. The molecular formula is C19H25ClN2O. The van der Waals surface area contributed by atoms with Gasteiger partial charge >= 0.3 is 0 Å². The first-order valence-corrected chi connectivity index (χ1v) is 9.01. The molecule has 2 atom stereocenters.